The molecule has 1 fully saturated rings. The molecule has 0 aromatic carbocycles. The van der Waals surface area contributed by atoms with E-state index in [1.807, 2.05) is 37.4 Å². The molecule has 0 radical (unpaired) electrons. The Morgan fingerprint density at radius 3 is 2.74 bits per heavy atom. The number of nitrogens with zero attached hydrogens (tertiary/aromatic N) is 3. The summed E-state index contributed by atoms with van der Waals surface area (Å²) in [5, 5.41) is 8.22. The van der Waals surface area contributed by atoms with Gasteiger partial charge in [-0.3, -0.25) is 9.59 Å². The number of piperidine rings is 1. The minimum Gasteiger partial charge on any atom is -0.356 e. The van der Waals surface area contributed by atoms with E-state index in [2.05, 4.69) is 25.5 Å². The normalized spacial score (nSPS) is 15.0. The highest BCUT2D eigenvalue weighted by molar-refractivity contribution is 7.13. The van der Waals surface area contributed by atoms with Crippen LogP contribution in [0.3, 0.4) is 0 Å². The molecular weight excluding hydrogens is 362 g/mol. The molecule has 3 heterocycles. The van der Waals surface area contributed by atoms with Crippen LogP contribution in [0.1, 0.15) is 32.4 Å². The maximum Gasteiger partial charge on any atom is 0.228 e. The highest BCUT2D eigenvalue weighted by atomic mass is 32.1. The zero-order valence-corrected chi connectivity index (χ0v) is 16.5. The predicted octanol–water partition coefficient (Wildman–Crippen LogP) is 2.46. The van der Waals surface area contributed by atoms with Crippen LogP contribution in [0.5, 0.6) is 0 Å². The van der Waals surface area contributed by atoms with E-state index in [1.54, 1.807) is 6.20 Å². The molecule has 0 saturated carbocycles. The van der Waals surface area contributed by atoms with Gasteiger partial charge in [-0.25, -0.2) is 9.97 Å². The first-order valence-corrected chi connectivity index (χ1v) is 10.1. The van der Waals surface area contributed by atoms with E-state index in [-0.39, 0.29) is 30.2 Å². The van der Waals surface area contributed by atoms with Crippen molar-refractivity contribution in [3.05, 3.63) is 35.5 Å². The van der Waals surface area contributed by atoms with E-state index in [1.165, 1.54) is 11.3 Å². The minimum absolute atomic E-state index is 0.0293. The molecule has 1 aliphatic rings. The van der Waals surface area contributed by atoms with Crippen molar-refractivity contribution in [3.63, 3.8) is 0 Å². The third-order valence-electron chi connectivity index (χ3n) is 4.48. The fraction of sp³-hybridized carbons (Fsp3) is 0.474. The summed E-state index contributed by atoms with van der Waals surface area (Å²) in [7, 11) is 0. The molecule has 8 heteroatoms. The Bertz CT molecular complexity index is 769. The van der Waals surface area contributed by atoms with E-state index < -0.39 is 0 Å². The van der Waals surface area contributed by atoms with Crippen LogP contribution in [-0.2, 0) is 16.0 Å². The molecule has 27 heavy (non-hydrogen) atoms. The number of nitrogens with one attached hydrogen (secondary N) is 2. The van der Waals surface area contributed by atoms with E-state index in [0.29, 0.717) is 10.8 Å². The van der Waals surface area contributed by atoms with Crippen molar-refractivity contribution in [1.29, 1.82) is 0 Å². The summed E-state index contributed by atoms with van der Waals surface area (Å²) < 4.78 is 0. The second-order valence-corrected chi connectivity index (χ2v) is 7.84. The van der Waals surface area contributed by atoms with E-state index in [9.17, 15) is 9.59 Å². The molecule has 0 spiro atoms. The average Bonchev–Trinajstić information content (AvgIpc) is 3.09. The Morgan fingerprint density at radius 2 is 2.07 bits per heavy atom. The molecule has 0 bridgehead atoms. The van der Waals surface area contributed by atoms with Crippen molar-refractivity contribution in [2.45, 2.75) is 39.2 Å². The van der Waals surface area contributed by atoms with Gasteiger partial charge in [0.15, 0.2) is 5.13 Å². The topological polar surface area (TPSA) is 87.2 Å². The number of hydrogen-bond donors (Lipinski definition) is 2. The third kappa shape index (κ3) is 5.50. The largest absolute Gasteiger partial charge is 0.356 e. The number of aromatic nitrogens is 2. The number of hydrogen-bond acceptors (Lipinski definition) is 6. The summed E-state index contributed by atoms with van der Waals surface area (Å²) >= 11 is 1.34. The minimum atomic E-state index is -0.0994. The summed E-state index contributed by atoms with van der Waals surface area (Å²) in [6.07, 6.45) is 3.83. The van der Waals surface area contributed by atoms with Crippen molar-refractivity contribution in [3.8, 4) is 0 Å². The van der Waals surface area contributed by atoms with Crippen LogP contribution in [0.4, 0.5) is 10.9 Å². The molecule has 1 saturated heterocycles. The zero-order valence-electron chi connectivity index (χ0n) is 15.6. The van der Waals surface area contributed by atoms with Crippen LogP contribution < -0.4 is 15.5 Å². The Balaban J connectivity index is 1.44. The zero-order chi connectivity index (χ0) is 19.2. The molecule has 2 aromatic rings. The number of pyridine rings is 1. The second-order valence-electron chi connectivity index (χ2n) is 6.98. The van der Waals surface area contributed by atoms with Gasteiger partial charge in [-0.15, -0.1) is 11.3 Å². The van der Waals surface area contributed by atoms with Crippen molar-refractivity contribution < 1.29 is 9.59 Å². The van der Waals surface area contributed by atoms with Gasteiger partial charge < -0.3 is 15.5 Å². The monoisotopic (exact) mass is 387 g/mol. The van der Waals surface area contributed by atoms with Gasteiger partial charge in [0.1, 0.15) is 5.82 Å². The van der Waals surface area contributed by atoms with Gasteiger partial charge in [0.05, 0.1) is 12.1 Å². The van der Waals surface area contributed by atoms with Gasteiger partial charge in [-0.1, -0.05) is 19.9 Å². The molecule has 3 rings (SSSR count). The van der Waals surface area contributed by atoms with Crippen molar-refractivity contribution in [1.82, 2.24) is 15.3 Å². The lowest BCUT2D eigenvalue weighted by molar-refractivity contribution is -0.121. The number of anilines is 2. The van der Waals surface area contributed by atoms with E-state index in [0.717, 1.165) is 31.7 Å². The quantitative estimate of drug-likeness (QED) is 0.795. The second kappa shape index (κ2) is 8.94. The van der Waals surface area contributed by atoms with E-state index >= 15 is 0 Å². The molecule has 2 amide bonds. The first-order valence-electron chi connectivity index (χ1n) is 9.22. The summed E-state index contributed by atoms with van der Waals surface area (Å²) in [5.74, 6) is 0.789. The van der Waals surface area contributed by atoms with Gasteiger partial charge in [0.2, 0.25) is 11.8 Å². The highest BCUT2D eigenvalue weighted by Gasteiger charge is 2.22. The third-order valence-corrected chi connectivity index (χ3v) is 5.29. The van der Waals surface area contributed by atoms with Crippen LogP contribution in [0.15, 0.2) is 29.8 Å². The number of carbonyl (C=O) groups excluding carboxylic acids is 2. The lowest BCUT2D eigenvalue weighted by atomic mass is 10.0. The van der Waals surface area contributed by atoms with Crippen LogP contribution in [0, 0.1) is 5.92 Å². The van der Waals surface area contributed by atoms with Gasteiger partial charge >= 0.3 is 0 Å². The maximum absolute atomic E-state index is 12.3. The maximum atomic E-state index is 12.3. The standard InChI is InChI=1S/C19H25N5O2S/c1-13(2)18(26)23-19-22-15(12-27-19)11-17(25)21-14-6-9-24(10-7-14)16-5-3-4-8-20-16/h3-5,8,12-14H,6-7,9-11H2,1-2H3,(H,21,25)(H,22,23,26). The number of carbonyl (C=O) groups is 2. The molecular formula is C19H25N5O2S. The predicted molar refractivity (Wildman–Crippen MR) is 107 cm³/mol. The molecule has 2 aromatic heterocycles. The highest BCUT2D eigenvalue weighted by Crippen LogP contribution is 2.19. The Hall–Kier alpha value is -2.48. The van der Waals surface area contributed by atoms with Crippen LogP contribution in [0.25, 0.3) is 0 Å². The van der Waals surface area contributed by atoms with Gasteiger partial charge in [-0.2, -0.15) is 0 Å². The van der Waals surface area contributed by atoms with Crippen molar-refractivity contribution in [2.75, 3.05) is 23.3 Å². The van der Waals surface area contributed by atoms with Crippen LogP contribution >= 0.6 is 11.3 Å². The summed E-state index contributed by atoms with van der Waals surface area (Å²) in [4.78, 5) is 35.0. The van der Waals surface area contributed by atoms with Crippen molar-refractivity contribution in [2.24, 2.45) is 5.92 Å². The Morgan fingerprint density at radius 1 is 1.30 bits per heavy atom. The molecule has 0 unspecified atom stereocenters. The van der Waals surface area contributed by atoms with Gasteiger partial charge in [-0.05, 0) is 25.0 Å². The smallest absolute Gasteiger partial charge is 0.228 e. The van der Waals surface area contributed by atoms with Crippen LogP contribution in [0.2, 0.25) is 0 Å². The molecule has 2 N–H and O–H groups in total. The first kappa shape index (κ1) is 19.3. The van der Waals surface area contributed by atoms with E-state index in [4.69, 9.17) is 0 Å². The molecule has 0 atom stereocenters. The van der Waals surface area contributed by atoms with Crippen molar-refractivity contribution >= 4 is 34.1 Å². The SMILES string of the molecule is CC(C)C(=O)Nc1nc(CC(=O)NC2CCN(c3ccccn3)CC2)cs1. The lowest BCUT2D eigenvalue weighted by Crippen LogP contribution is -2.45. The van der Waals surface area contributed by atoms with Gasteiger partial charge in [0.25, 0.3) is 0 Å². The molecule has 0 aliphatic carbocycles. The summed E-state index contributed by atoms with van der Waals surface area (Å²) in [5.41, 5.74) is 0.683. The Labute approximate surface area is 163 Å². The number of rotatable bonds is 6. The fourth-order valence-electron chi connectivity index (χ4n) is 2.93. The van der Waals surface area contributed by atoms with Gasteiger partial charge in [0, 0.05) is 36.6 Å². The summed E-state index contributed by atoms with van der Waals surface area (Å²) in [6.45, 7) is 5.42. The molecule has 144 valence electrons. The molecule has 1 aliphatic heterocycles. The lowest BCUT2D eigenvalue weighted by Gasteiger charge is -2.33. The number of thiazole rings is 1. The number of amides is 2. The average molecular weight is 388 g/mol. The Kier molecular flexibility index (Phi) is 6.39. The molecule has 7 nitrogen and oxygen atoms in total. The fourth-order valence-corrected chi connectivity index (χ4v) is 3.65. The van der Waals surface area contributed by atoms with Crippen LogP contribution in [-0.4, -0.2) is 40.9 Å². The summed E-state index contributed by atoms with van der Waals surface area (Å²) in [6, 6.07) is 6.09. The first-order chi connectivity index (χ1) is 13.0.